The first-order chi connectivity index (χ1) is 11.8. The monoisotopic (exact) mass is 366 g/mol. The normalized spacial score (nSPS) is 19.2. The Hall–Kier alpha value is -1.56. The fraction of sp³-hybridized carbons (Fsp3) is 0.632. The standard InChI is InChI=1S/C19H30N2O3S/c1-5-17(6-2)21(18-8-7-14(3)15(4)11-18)12-19(22)20-16-9-10-25(23,24)13-16/h7-8,11,16-17H,5-6,9-10,12-13H2,1-4H3,(H,20,22)/t16-/m1/s1. The fourth-order valence-electron chi connectivity index (χ4n) is 3.40. The third-order valence-electron chi connectivity index (χ3n) is 5.12. The number of hydrogen-bond donors (Lipinski definition) is 1. The molecule has 5 nitrogen and oxygen atoms in total. The topological polar surface area (TPSA) is 66.5 Å². The highest BCUT2D eigenvalue weighted by Crippen LogP contribution is 2.23. The van der Waals surface area contributed by atoms with Crippen LogP contribution in [0.25, 0.3) is 0 Å². The van der Waals surface area contributed by atoms with E-state index in [1.54, 1.807) is 0 Å². The number of benzene rings is 1. The van der Waals surface area contributed by atoms with Crippen LogP contribution in [0.2, 0.25) is 0 Å². The lowest BCUT2D eigenvalue weighted by atomic mass is 10.1. The molecule has 0 spiro atoms. The van der Waals surface area contributed by atoms with Crippen LogP contribution in [-0.2, 0) is 14.6 Å². The van der Waals surface area contributed by atoms with E-state index in [0.717, 1.165) is 18.5 Å². The molecule has 0 aliphatic carbocycles. The molecule has 140 valence electrons. The van der Waals surface area contributed by atoms with Gasteiger partial charge in [-0.2, -0.15) is 0 Å². The number of amides is 1. The quantitative estimate of drug-likeness (QED) is 0.805. The summed E-state index contributed by atoms with van der Waals surface area (Å²) in [5, 5.41) is 2.90. The summed E-state index contributed by atoms with van der Waals surface area (Å²) < 4.78 is 23.1. The van der Waals surface area contributed by atoms with Crippen LogP contribution in [0.3, 0.4) is 0 Å². The van der Waals surface area contributed by atoms with Gasteiger partial charge in [0.15, 0.2) is 9.84 Å². The van der Waals surface area contributed by atoms with Crippen LogP contribution in [-0.4, -0.2) is 44.5 Å². The molecule has 1 heterocycles. The van der Waals surface area contributed by atoms with E-state index in [0.29, 0.717) is 6.42 Å². The first kappa shape index (κ1) is 19.8. The van der Waals surface area contributed by atoms with Crippen molar-refractivity contribution >= 4 is 21.4 Å². The molecule has 0 unspecified atom stereocenters. The van der Waals surface area contributed by atoms with E-state index in [1.165, 1.54) is 11.1 Å². The highest BCUT2D eigenvalue weighted by atomic mass is 32.2. The summed E-state index contributed by atoms with van der Waals surface area (Å²) >= 11 is 0. The van der Waals surface area contributed by atoms with Gasteiger partial charge in [-0.3, -0.25) is 4.79 Å². The maximum absolute atomic E-state index is 12.5. The van der Waals surface area contributed by atoms with Crippen LogP contribution in [0.5, 0.6) is 0 Å². The lowest BCUT2D eigenvalue weighted by Crippen LogP contribution is -2.46. The number of nitrogens with one attached hydrogen (secondary N) is 1. The fourth-order valence-corrected chi connectivity index (χ4v) is 5.08. The average molecular weight is 367 g/mol. The van der Waals surface area contributed by atoms with Crippen molar-refractivity contribution in [2.45, 2.75) is 59.0 Å². The second-order valence-electron chi connectivity index (χ2n) is 7.03. The van der Waals surface area contributed by atoms with Crippen LogP contribution in [0, 0.1) is 13.8 Å². The summed E-state index contributed by atoms with van der Waals surface area (Å²) in [5.74, 6) is 0.130. The Morgan fingerprint density at radius 3 is 2.44 bits per heavy atom. The van der Waals surface area contributed by atoms with Gasteiger partial charge in [0.25, 0.3) is 0 Å². The van der Waals surface area contributed by atoms with Crippen molar-refractivity contribution in [3.05, 3.63) is 29.3 Å². The highest BCUT2D eigenvalue weighted by Gasteiger charge is 2.29. The molecule has 1 aromatic rings. The van der Waals surface area contributed by atoms with Crippen molar-refractivity contribution in [2.24, 2.45) is 0 Å². The summed E-state index contributed by atoms with van der Waals surface area (Å²) in [6.45, 7) is 8.67. The minimum Gasteiger partial charge on any atom is -0.359 e. The number of nitrogens with zero attached hydrogens (tertiary/aromatic N) is 1. The Morgan fingerprint density at radius 2 is 1.92 bits per heavy atom. The number of sulfone groups is 1. The lowest BCUT2D eigenvalue weighted by molar-refractivity contribution is -0.120. The zero-order valence-corrected chi connectivity index (χ0v) is 16.5. The molecule has 1 atom stereocenters. The van der Waals surface area contributed by atoms with Gasteiger partial charge in [0.2, 0.25) is 5.91 Å². The van der Waals surface area contributed by atoms with E-state index in [4.69, 9.17) is 0 Å². The molecule has 6 heteroatoms. The Morgan fingerprint density at radius 1 is 1.24 bits per heavy atom. The summed E-state index contributed by atoms with van der Waals surface area (Å²) in [7, 11) is -2.99. The van der Waals surface area contributed by atoms with Crippen molar-refractivity contribution in [1.29, 1.82) is 0 Å². The van der Waals surface area contributed by atoms with Gasteiger partial charge in [0.1, 0.15) is 0 Å². The number of carbonyl (C=O) groups is 1. The van der Waals surface area contributed by atoms with E-state index in [-0.39, 0.29) is 36.0 Å². The van der Waals surface area contributed by atoms with Gasteiger partial charge < -0.3 is 10.2 Å². The molecule has 0 bridgehead atoms. The minimum absolute atomic E-state index is 0.0629. The number of anilines is 1. The molecule has 1 saturated heterocycles. The molecule has 1 fully saturated rings. The zero-order valence-electron chi connectivity index (χ0n) is 15.7. The van der Waals surface area contributed by atoms with Crippen LogP contribution in [0.1, 0.15) is 44.2 Å². The molecule has 0 saturated carbocycles. The molecule has 1 amide bonds. The summed E-state index contributed by atoms with van der Waals surface area (Å²) in [6, 6.07) is 6.30. The first-order valence-electron chi connectivity index (χ1n) is 9.09. The molecule has 1 aliphatic heterocycles. The van der Waals surface area contributed by atoms with E-state index in [9.17, 15) is 13.2 Å². The molecular formula is C19H30N2O3S. The number of carbonyl (C=O) groups excluding carboxylic acids is 1. The number of aryl methyl sites for hydroxylation is 2. The van der Waals surface area contributed by atoms with Crippen LogP contribution in [0.4, 0.5) is 5.69 Å². The summed E-state index contributed by atoms with van der Waals surface area (Å²) in [5.41, 5.74) is 3.48. The van der Waals surface area contributed by atoms with Gasteiger partial charge in [-0.05, 0) is 56.4 Å². The molecule has 1 N–H and O–H groups in total. The Bertz CT molecular complexity index is 711. The van der Waals surface area contributed by atoms with Crippen LogP contribution < -0.4 is 10.2 Å². The van der Waals surface area contributed by atoms with Crippen molar-refractivity contribution in [3.63, 3.8) is 0 Å². The molecular weight excluding hydrogens is 336 g/mol. The van der Waals surface area contributed by atoms with Crippen molar-refractivity contribution < 1.29 is 13.2 Å². The lowest BCUT2D eigenvalue weighted by Gasteiger charge is -2.33. The third kappa shape index (κ3) is 5.21. The van der Waals surface area contributed by atoms with E-state index in [1.807, 2.05) is 0 Å². The SMILES string of the molecule is CCC(CC)N(CC(=O)N[C@@H]1CCS(=O)(=O)C1)c1ccc(C)c(C)c1. The van der Waals surface area contributed by atoms with Gasteiger partial charge in [-0.15, -0.1) is 0 Å². The first-order valence-corrected chi connectivity index (χ1v) is 10.9. The second-order valence-corrected chi connectivity index (χ2v) is 9.26. The molecule has 0 aromatic heterocycles. The van der Waals surface area contributed by atoms with Crippen molar-refractivity contribution in [1.82, 2.24) is 5.32 Å². The van der Waals surface area contributed by atoms with Gasteiger partial charge in [0.05, 0.1) is 18.1 Å². The molecule has 2 rings (SSSR count). The Kier molecular flexibility index (Phi) is 6.49. The van der Waals surface area contributed by atoms with E-state index < -0.39 is 9.84 Å². The predicted molar refractivity (Wildman–Crippen MR) is 103 cm³/mol. The second kappa shape index (κ2) is 8.21. The van der Waals surface area contributed by atoms with Gasteiger partial charge >= 0.3 is 0 Å². The maximum atomic E-state index is 12.5. The summed E-state index contributed by atoms with van der Waals surface area (Å²) in [6.07, 6.45) is 2.42. The minimum atomic E-state index is -2.99. The maximum Gasteiger partial charge on any atom is 0.239 e. The van der Waals surface area contributed by atoms with Gasteiger partial charge in [-0.1, -0.05) is 19.9 Å². The van der Waals surface area contributed by atoms with Crippen LogP contribution in [0.15, 0.2) is 18.2 Å². The molecule has 0 radical (unpaired) electrons. The summed E-state index contributed by atoms with van der Waals surface area (Å²) in [4.78, 5) is 14.7. The van der Waals surface area contributed by atoms with Crippen LogP contribution >= 0.6 is 0 Å². The van der Waals surface area contributed by atoms with Gasteiger partial charge in [0, 0.05) is 17.8 Å². The predicted octanol–water partition coefficient (Wildman–Crippen LogP) is 2.60. The van der Waals surface area contributed by atoms with Gasteiger partial charge in [-0.25, -0.2) is 8.42 Å². The Labute approximate surface area is 151 Å². The Balaban J connectivity index is 2.13. The van der Waals surface area contributed by atoms with E-state index >= 15 is 0 Å². The number of rotatable bonds is 7. The van der Waals surface area contributed by atoms with Crippen molar-refractivity contribution in [3.8, 4) is 0 Å². The smallest absolute Gasteiger partial charge is 0.239 e. The molecule has 1 aliphatic rings. The van der Waals surface area contributed by atoms with E-state index in [2.05, 4.69) is 56.1 Å². The zero-order chi connectivity index (χ0) is 18.6. The molecule has 1 aromatic carbocycles. The largest absolute Gasteiger partial charge is 0.359 e. The average Bonchev–Trinajstić information content (AvgIpc) is 2.88. The van der Waals surface area contributed by atoms with Crippen molar-refractivity contribution in [2.75, 3.05) is 23.0 Å². The highest BCUT2D eigenvalue weighted by molar-refractivity contribution is 7.91. The molecule has 25 heavy (non-hydrogen) atoms. The third-order valence-corrected chi connectivity index (χ3v) is 6.88. The number of hydrogen-bond acceptors (Lipinski definition) is 4.